The maximum Gasteiger partial charge on any atom is 0.374 e. The van der Waals surface area contributed by atoms with Crippen molar-refractivity contribution in [3.63, 3.8) is 0 Å². The lowest BCUT2D eigenvalue weighted by atomic mass is 10.3. The highest BCUT2D eigenvalue weighted by Gasteiger charge is 2.14. The molecule has 116 valence electrons. The number of rotatable bonds is 6. The molecule has 0 bridgehead atoms. The van der Waals surface area contributed by atoms with E-state index in [1.807, 2.05) is 6.92 Å². The minimum Gasteiger partial charge on any atom is -0.492 e. The van der Waals surface area contributed by atoms with Crippen LogP contribution in [0.25, 0.3) is 0 Å². The van der Waals surface area contributed by atoms with Crippen molar-refractivity contribution in [1.82, 2.24) is 0 Å². The third-order valence-electron chi connectivity index (χ3n) is 2.57. The lowest BCUT2D eigenvalue weighted by molar-refractivity contribution is -0.119. The van der Waals surface area contributed by atoms with Gasteiger partial charge in [-0.3, -0.25) is 4.79 Å². The molecule has 1 amide bonds. The Labute approximate surface area is 135 Å². The Morgan fingerprint density at radius 1 is 1.23 bits per heavy atom. The van der Waals surface area contributed by atoms with E-state index in [-0.39, 0.29) is 5.76 Å². The van der Waals surface area contributed by atoms with E-state index < -0.39 is 18.5 Å². The van der Waals surface area contributed by atoms with Crippen LogP contribution in [0, 0.1) is 0 Å². The molecule has 0 unspecified atom stereocenters. The van der Waals surface area contributed by atoms with Crippen molar-refractivity contribution in [1.29, 1.82) is 0 Å². The van der Waals surface area contributed by atoms with Crippen LogP contribution in [-0.2, 0) is 9.53 Å². The van der Waals surface area contributed by atoms with Crippen LogP contribution < -0.4 is 10.1 Å². The van der Waals surface area contributed by atoms with Crippen molar-refractivity contribution >= 4 is 33.5 Å². The molecule has 0 saturated carbocycles. The lowest BCUT2D eigenvalue weighted by Gasteiger charge is -2.11. The number of benzene rings is 1. The van der Waals surface area contributed by atoms with Gasteiger partial charge in [0.05, 0.1) is 12.3 Å². The summed E-state index contributed by atoms with van der Waals surface area (Å²) in [5.41, 5.74) is 0.520. The monoisotopic (exact) mass is 367 g/mol. The van der Waals surface area contributed by atoms with Gasteiger partial charge in [0.15, 0.2) is 11.3 Å². The normalized spacial score (nSPS) is 10.1. The van der Waals surface area contributed by atoms with Gasteiger partial charge in [-0.2, -0.15) is 0 Å². The van der Waals surface area contributed by atoms with Crippen LogP contribution in [0.15, 0.2) is 45.5 Å². The fourth-order valence-corrected chi connectivity index (χ4v) is 1.97. The number of carbonyl (C=O) groups excluding carboxylic acids is 2. The molecule has 0 radical (unpaired) electrons. The standard InChI is InChI=1S/C15H14BrNO5/c1-2-20-11-6-4-3-5-10(11)17-14(18)9-21-15(19)12-7-8-13(16)22-12/h3-8H,2,9H2,1H3,(H,17,18). The summed E-state index contributed by atoms with van der Waals surface area (Å²) in [6.45, 7) is 1.91. The van der Waals surface area contributed by atoms with Crippen molar-refractivity contribution in [2.75, 3.05) is 18.5 Å². The molecule has 2 rings (SSSR count). The number of para-hydroxylation sites is 2. The summed E-state index contributed by atoms with van der Waals surface area (Å²) < 4.78 is 15.7. The minimum atomic E-state index is -0.709. The number of halogens is 1. The van der Waals surface area contributed by atoms with Crippen molar-refractivity contribution in [3.8, 4) is 5.75 Å². The van der Waals surface area contributed by atoms with Gasteiger partial charge in [0.2, 0.25) is 5.76 Å². The van der Waals surface area contributed by atoms with E-state index >= 15 is 0 Å². The Balaban J connectivity index is 1.89. The molecule has 0 atom stereocenters. The molecular formula is C15H14BrNO5. The molecule has 0 aliphatic carbocycles. The van der Waals surface area contributed by atoms with Crippen LogP contribution >= 0.6 is 15.9 Å². The molecule has 0 fully saturated rings. The van der Waals surface area contributed by atoms with Gasteiger partial charge in [0.25, 0.3) is 5.91 Å². The second kappa shape index (κ2) is 7.65. The van der Waals surface area contributed by atoms with E-state index in [9.17, 15) is 9.59 Å². The highest BCUT2D eigenvalue weighted by atomic mass is 79.9. The quantitative estimate of drug-likeness (QED) is 0.793. The molecule has 0 aliphatic heterocycles. The summed E-state index contributed by atoms with van der Waals surface area (Å²) in [6, 6.07) is 10.0. The highest BCUT2D eigenvalue weighted by molar-refractivity contribution is 9.10. The van der Waals surface area contributed by atoms with Gasteiger partial charge in [-0.05, 0) is 47.1 Å². The van der Waals surface area contributed by atoms with E-state index in [1.165, 1.54) is 6.07 Å². The Bertz CT molecular complexity index is 667. The first-order valence-corrected chi connectivity index (χ1v) is 7.33. The van der Waals surface area contributed by atoms with Crippen LogP contribution in [0.5, 0.6) is 5.75 Å². The summed E-state index contributed by atoms with van der Waals surface area (Å²) >= 11 is 3.08. The molecule has 0 spiro atoms. The van der Waals surface area contributed by atoms with E-state index in [1.54, 1.807) is 30.3 Å². The topological polar surface area (TPSA) is 77.8 Å². The predicted octanol–water partition coefficient (Wildman–Crippen LogP) is 3.24. The number of ether oxygens (including phenoxy) is 2. The Morgan fingerprint density at radius 2 is 2.00 bits per heavy atom. The number of nitrogens with one attached hydrogen (secondary N) is 1. The average Bonchev–Trinajstić information content (AvgIpc) is 2.94. The largest absolute Gasteiger partial charge is 0.492 e. The maximum atomic E-state index is 11.8. The first-order chi connectivity index (χ1) is 10.6. The van der Waals surface area contributed by atoms with Crippen LogP contribution in [0.1, 0.15) is 17.5 Å². The third-order valence-corrected chi connectivity index (χ3v) is 3.00. The first-order valence-electron chi connectivity index (χ1n) is 6.54. The van der Waals surface area contributed by atoms with E-state index in [4.69, 9.17) is 13.9 Å². The number of furan rings is 1. The van der Waals surface area contributed by atoms with Gasteiger partial charge in [0, 0.05) is 0 Å². The third kappa shape index (κ3) is 4.36. The zero-order valence-corrected chi connectivity index (χ0v) is 13.4. The van der Waals surface area contributed by atoms with Crippen molar-refractivity contribution in [2.45, 2.75) is 6.92 Å². The van der Waals surface area contributed by atoms with Gasteiger partial charge < -0.3 is 19.2 Å². The molecule has 1 aromatic heterocycles. The summed E-state index contributed by atoms with van der Waals surface area (Å²) in [4.78, 5) is 23.5. The minimum absolute atomic E-state index is 0.0226. The highest BCUT2D eigenvalue weighted by Crippen LogP contribution is 2.23. The first kappa shape index (κ1) is 16.1. The molecule has 6 nitrogen and oxygen atoms in total. The van der Waals surface area contributed by atoms with Crippen LogP contribution in [-0.4, -0.2) is 25.1 Å². The summed E-state index contributed by atoms with van der Waals surface area (Å²) in [5, 5.41) is 2.63. The van der Waals surface area contributed by atoms with Gasteiger partial charge >= 0.3 is 5.97 Å². The van der Waals surface area contributed by atoms with Crippen LogP contribution in [0.4, 0.5) is 5.69 Å². The van der Waals surface area contributed by atoms with Crippen molar-refractivity contribution in [2.24, 2.45) is 0 Å². The summed E-state index contributed by atoms with van der Waals surface area (Å²) in [7, 11) is 0. The lowest BCUT2D eigenvalue weighted by Crippen LogP contribution is -2.21. The number of hydrogen-bond acceptors (Lipinski definition) is 5. The molecule has 1 aromatic carbocycles. The number of anilines is 1. The number of carbonyl (C=O) groups is 2. The predicted molar refractivity (Wildman–Crippen MR) is 82.9 cm³/mol. The fraction of sp³-hybridized carbons (Fsp3) is 0.200. The molecular weight excluding hydrogens is 354 g/mol. The average molecular weight is 368 g/mol. The van der Waals surface area contributed by atoms with E-state index in [0.717, 1.165) is 0 Å². The zero-order chi connectivity index (χ0) is 15.9. The Hall–Kier alpha value is -2.28. The molecule has 0 saturated heterocycles. The zero-order valence-electron chi connectivity index (χ0n) is 11.8. The molecule has 2 aromatic rings. The Kier molecular flexibility index (Phi) is 5.60. The molecule has 22 heavy (non-hydrogen) atoms. The van der Waals surface area contributed by atoms with Crippen molar-refractivity contribution < 1.29 is 23.5 Å². The van der Waals surface area contributed by atoms with Crippen LogP contribution in [0.3, 0.4) is 0 Å². The molecule has 7 heteroatoms. The van der Waals surface area contributed by atoms with Gasteiger partial charge in [-0.25, -0.2) is 4.79 Å². The smallest absolute Gasteiger partial charge is 0.374 e. The SMILES string of the molecule is CCOc1ccccc1NC(=O)COC(=O)c1ccc(Br)o1. The number of hydrogen-bond donors (Lipinski definition) is 1. The van der Waals surface area contributed by atoms with E-state index in [2.05, 4.69) is 21.2 Å². The maximum absolute atomic E-state index is 11.8. The van der Waals surface area contributed by atoms with Gasteiger partial charge in [-0.1, -0.05) is 12.1 Å². The van der Waals surface area contributed by atoms with Gasteiger partial charge in [0.1, 0.15) is 5.75 Å². The fourth-order valence-electron chi connectivity index (χ4n) is 1.66. The molecule has 1 N–H and O–H groups in total. The molecule has 1 heterocycles. The Morgan fingerprint density at radius 3 is 2.68 bits per heavy atom. The van der Waals surface area contributed by atoms with Crippen LogP contribution in [0.2, 0.25) is 0 Å². The molecule has 0 aliphatic rings. The number of amides is 1. The second-order valence-electron chi connectivity index (χ2n) is 4.16. The summed E-state index contributed by atoms with van der Waals surface area (Å²) in [6.07, 6.45) is 0. The van der Waals surface area contributed by atoms with Crippen molar-refractivity contribution in [3.05, 3.63) is 46.8 Å². The second-order valence-corrected chi connectivity index (χ2v) is 4.94. The summed E-state index contributed by atoms with van der Waals surface area (Å²) in [5.74, 6) is -0.598. The van der Waals surface area contributed by atoms with E-state index in [0.29, 0.717) is 22.7 Å². The number of esters is 1. The van der Waals surface area contributed by atoms with Gasteiger partial charge in [-0.15, -0.1) is 0 Å².